The second-order valence-corrected chi connectivity index (χ2v) is 6.31. The van der Waals surface area contributed by atoms with Gasteiger partial charge in [0, 0.05) is 22.4 Å². The molecule has 3 aromatic carbocycles. The summed E-state index contributed by atoms with van der Waals surface area (Å²) >= 11 is 1.39. The van der Waals surface area contributed by atoms with E-state index in [9.17, 15) is 4.79 Å². The highest BCUT2D eigenvalue weighted by Crippen LogP contribution is 2.27. The van der Waals surface area contributed by atoms with Gasteiger partial charge in [-0.15, -0.1) is 0 Å². The van der Waals surface area contributed by atoms with Crippen molar-refractivity contribution in [1.29, 1.82) is 0 Å². The molecule has 1 N–H and O–H groups in total. The van der Waals surface area contributed by atoms with E-state index in [0.717, 1.165) is 21.6 Å². The average Bonchev–Trinajstić information content (AvgIpc) is 2.69. The molecule has 25 heavy (non-hydrogen) atoms. The summed E-state index contributed by atoms with van der Waals surface area (Å²) in [6.07, 6.45) is 1.74. The van der Waals surface area contributed by atoms with Gasteiger partial charge in [0.1, 0.15) is 5.75 Å². The fourth-order valence-electron chi connectivity index (χ4n) is 2.54. The third-order valence-electron chi connectivity index (χ3n) is 3.84. The number of nitrogens with one attached hydrogen (secondary N) is 1. The molecule has 0 unspecified atom stereocenters. The third-order valence-corrected chi connectivity index (χ3v) is 4.61. The lowest BCUT2D eigenvalue weighted by atomic mass is 10.0. The molecular formula is C20H14N2O2S. The van der Waals surface area contributed by atoms with Crippen LogP contribution >= 0.6 is 11.9 Å². The molecule has 0 saturated heterocycles. The van der Waals surface area contributed by atoms with Gasteiger partial charge in [0.05, 0.1) is 11.8 Å². The summed E-state index contributed by atoms with van der Waals surface area (Å²) in [5, 5.41) is 3.97. The second-order valence-electron chi connectivity index (χ2n) is 5.48. The molecule has 0 aromatic heterocycles. The Hall–Kier alpha value is -3.05. The number of benzene rings is 3. The average molecular weight is 346 g/mol. The first-order valence-corrected chi connectivity index (χ1v) is 8.58. The van der Waals surface area contributed by atoms with Crippen LogP contribution in [0.4, 0.5) is 0 Å². The van der Waals surface area contributed by atoms with Crippen molar-refractivity contribution in [2.75, 3.05) is 0 Å². The van der Waals surface area contributed by atoms with E-state index in [2.05, 4.69) is 9.93 Å². The molecule has 0 radical (unpaired) electrons. The molecule has 0 bridgehead atoms. The minimum absolute atomic E-state index is 0.373. The Morgan fingerprint density at radius 2 is 1.68 bits per heavy atom. The maximum Gasteiger partial charge on any atom is 0.343 e. The summed E-state index contributed by atoms with van der Waals surface area (Å²) in [6, 6.07) is 22.9. The standard InChI is InChI=1S/C20H14N2O2S/c23-20(24-18-11-10-17-13-21-22-25-19(17)12-18)16-8-6-15(7-9-16)14-4-2-1-3-5-14/h1-13,22H. The van der Waals surface area contributed by atoms with Crippen LogP contribution < -0.4 is 9.57 Å². The van der Waals surface area contributed by atoms with Crippen molar-refractivity contribution < 1.29 is 9.53 Å². The molecule has 5 heteroatoms. The molecule has 0 aliphatic carbocycles. The van der Waals surface area contributed by atoms with E-state index in [4.69, 9.17) is 4.74 Å². The maximum atomic E-state index is 12.4. The molecule has 1 aliphatic rings. The van der Waals surface area contributed by atoms with Gasteiger partial charge in [0.2, 0.25) is 0 Å². The number of hydrogen-bond donors (Lipinski definition) is 1. The zero-order valence-electron chi connectivity index (χ0n) is 13.2. The minimum atomic E-state index is -0.373. The van der Waals surface area contributed by atoms with E-state index in [0.29, 0.717) is 11.3 Å². The summed E-state index contributed by atoms with van der Waals surface area (Å²) in [6.45, 7) is 0. The monoisotopic (exact) mass is 346 g/mol. The highest BCUT2D eigenvalue weighted by atomic mass is 32.2. The lowest BCUT2D eigenvalue weighted by Crippen LogP contribution is -2.09. The molecule has 122 valence electrons. The molecule has 0 atom stereocenters. The summed E-state index contributed by atoms with van der Waals surface area (Å²) in [7, 11) is 0. The maximum absolute atomic E-state index is 12.4. The Balaban J connectivity index is 1.51. The summed E-state index contributed by atoms with van der Waals surface area (Å²) in [5.74, 6) is 0.141. The number of carbonyl (C=O) groups is 1. The number of ether oxygens (including phenoxy) is 1. The normalized spacial score (nSPS) is 12.2. The van der Waals surface area contributed by atoms with E-state index in [1.54, 1.807) is 24.4 Å². The number of carbonyl (C=O) groups excluding carboxylic acids is 1. The van der Waals surface area contributed by atoms with E-state index < -0.39 is 0 Å². The minimum Gasteiger partial charge on any atom is -0.423 e. The first-order chi connectivity index (χ1) is 12.3. The lowest BCUT2D eigenvalue weighted by molar-refractivity contribution is 0.0734. The molecule has 3 aromatic rings. The summed E-state index contributed by atoms with van der Waals surface area (Å²) in [4.78, 5) is 16.2. The zero-order valence-corrected chi connectivity index (χ0v) is 14.0. The van der Waals surface area contributed by atoms with Crippen molar-refractivity contribution in [2.45, 2.75) is 4.90 Å². The highest BCUT2D eigenvalue weighted by Gasteiger charge is 2.12. The molecule has 4 nitrogen and oxygen atoms in total. The van der Waals surface area contributed by atoms with Gasteiger partial charge in [-0.1, -0.05) is 42.5 Å². The van der Waals surface area contributed by atoms with E-state index >= 15 is 0 Å². The van der Waals surface area contributed by atoms with E-state index in [1.165, 1.54) is 11.9 Å². The molecule has 0 fully saturated rings. The second kappa shape index (κ2) is 6.83. The molecular weight excluding hydrogens is 332 g/mol. The number of hydrazone groups is 1. The van der Waals surface area contributed by atoms with Crippen molar-refractivity contribution in [1.82, 2.24) is 4.83 Å². The van der Waals surface area contributed by atoms with Crippen molar-refractivity contribution in [3.8, 4) is 16.9 Å². The van der Waals surface area contributed by atoms with Crippen molar-refractivity contribution in [2.24, 2.45) is 5.10 Å². The lowest BCUT2D eigenvalue weighted by Gasteiger charge is -2.11. The zero-order chi connectivity index (χ0) is 17.1. The van der Waals surface area contributed by atoms with Gasteiger partial charge in [-0.05, 0) is 41.5 Å². The van der Waals surface area contributed by atoms with Gasteiger partial charge in [-0.3, -0.25) is 0 Å². The fraction of sp³-hybridized carbons (Fsp3) is 0. The first-order valence-electron chi connectivity index (χ1n) is 7.76. The number of fused-ring (bicyclic) bond motifs is 1. The number of nitrogens with zero attached hydrogens (tertiary/aromatic N) is 1. The van der Waals surface area contributed by atoms with Crippen molar-refractivity contribution in [3.05, 3.63) is 83.9 Å². The first kappa shape index (κ1) is 15.5. The third kappa shape index (κ3) is 3.41. The van der Waals surface area contributed by atoms with E-state index in [1.807, 2.05) is 54.6 Å². The van der Waals surface area contributed by atoms with Crippen molar-refractivity contribution >= 4 is 24.1 Å². The fourth-order valence-corrected chi connectivity index (χ4v) is 3.16. The quantitative estimate of drug-likeness (QED) is 0.430. The predicted molar refractivity (Wildman–Crippen MR) is 99.9 cm³/mol. The van der Waals surface area contributed by atoms with Crippen LogP contribution in [0.5, 0.6) is 5.75 Å². The number of esters is 1. The van der Waals surface area contributed by atoms with Gasteiger partial charge in [0.15, 0.2) is 0 Å². The molecule has 4 rings (SSSR count). The van der Waals surface area contributed by atoms with Crippen LogP contribution in [0.15, 0.2) is 82.8 Å². The Bertz CT molecular complexity index is 938. The Morgan fingerprint density at radius 3 is 2.48 bits per heavy atom. The molecule has 0 amide bonds. The Labute approximate surface area is 149 Å². The summed E-state index contributed by atoms with van der Waals surface area (Å²) in [5.41, 5.74) is 3.69. The summed E-state index contributed by atoms with van der Waals surface area (Å²) < 4.78 is 5.49. The predicted octanol–water partition coefficient (Wildman–Crippen LogP) is 4.52. The van der Waals surface area contributed by atoms with Crippen LogP contribution in [0.3, 0.4) is 0 Å². The van der Waals surface area contributed by atoms with E-state index in [-0.39, 0.29) is 5.97 Å². The van der Waals surface area contributed by atoms with Gasteiger partial charge < -0.3 is 4.74 Å². The van der Waals surface area contributed by atoms with Crippen LogP contribution in [0, 0.1) is 0 Å². The van der Waals surface area contributed by atoms with Crippen LogP contribution in [0.2, 0.25) is 0 Å². The van der Waals surface area contributed by atoms with Crippen molar-refractivity contribution in [3.63, 3.8) is 0 Å². The Morgan fingerprint density at radius 1 is 0.920 bits per heavy atom. The molecule has 1 aliphatic heterocycles. The highest BCUT2D eigenvalue weighted by molar-refractivity contribution is 7.97. The smallest absolute Gasteiger partial charge is 0.343 e. The topological polar surface area (TPSA) is 50.7 Å². The number of rotatable bonds is 3. The van der Waals surface area contributed by atoms with Crippen LogP contribution in [0.25, 0.3) is 11.1 Å². The number of hydrogen-bond acceptors (Lipinski definition) is 5. The van der Waals surface area contributed by atoms with Gasteiger partial charge >= 0.3 is 5.97 Å². The van der Waals surface area contributed by atoms with Gasteiger partial charge in [0.25, 0.3) is 0 Å². The molecule has 0 spiro atoms. The van der Waals surface area contributed by atoms with Gasteiger partial charge in [-0.25, -0.2) is 9.63 Å². The van der Waals surface area contributed by atoms with Crippen LogP contribution in [0.1, 0.15) is 15.9 Å². The van der Waals surface area contributed by atoms with Crippen LogP contribution in [-0.2, 0) is 0 Å². The largest absolute Gasteiger partial charge is 0.423 e. The molecule has 0 saturated carbocycles. The molecule has 1 heterocycles. The van der Waals surface area contributed by atoms with Crippen LogP contribution in [-0.4, -0.2) is 12.2 Å². The van der Waals surface area contributed by atoms with Gasteiger partial charge in [-0.2, -0.15) is 5.10 Å². The SMILES string of the molecule is O=C(Oc1ccc2c(c1)SNN=C2)c1ccc(-c2ccccc2)cc1. The Kier molecular flexibility index (Phi) is 4.23.